The summed E-state index contributed by atoms with van der Waals surface area (Å²) < 4.78 is 2.31. The SMILES string of the molecule is O=C(NCc1ccccn1)C(CCCCn1c(-c2cccnc2)cc2cccnc21)C1CCCCC1. The first-order valence-corrected chi connectivity index (χ1v) is 13.3. The molecule has 0 radical (unpaired) electrons. The van der Waals surface area contributed by atoms with Gasteiger partial charge in [-0.25, -0.2) is 4.98 Å². The second kappa shape index (κ2) is 11.9. The maximum absolute atomic E-state index is 13.3. The van der Waals surface area contributed by atoms with Crippen LogP contribution in [-0.2, 0) is 17.9 Å². The molecule has 6 nitrogen and oxygen atoms in total. The monoisotopic (exact) mass is 481 g/mol. The standard InChI is InChI=1S/C30H35N5O/c36-30(34-22-26-14-4-6-17-32-26)27(23-10-2-1-3-11-23)15-5-7-19-35-28(25-13-8-16-31-21-25)20-24-12-9-18-33-29(24)35/h4,6,8-9,12-14,16-18,20-21,23,27H,1-3,5,7,10-11,15,19,22H2,(H,34,36). The van der Waals surface area contributed by atoms with E-state index >= 15 is 0 Å². The molecule has 6 heteroatoms. The largest absolute Gasteiger partial charge is 0.350 e. The number of aromatic nitrogens is 4. The molecular formula is C30H35N5O. The molecule has 186 valence electrons. The van der Waals surface area contributed by atoms with Crippen LogP contribution in [0.25, 0.3) is 22.3 Å². The van der Waals surface area contributed by atoms with Crippen LogP contribution < -0.4 is 5.32 Å². The molecule has 0 aromatic carbocycles. The molecule has 0 bridgehead atoms. The summed E-state index contributed by atoms with van der Waals surface area (Å²) in [5.74, 6) is 0.755. The van der Waals surface area contributed by atoms with Crippen LogP contribution in [0, 0.1) is 11.8 Å². The van der Waals surface area contributed by atoms with Crippen molar-refractivity contribution >= 4 is 16.9 Å². The summed E-state index contributed by atoms with van der Waals surface area (Å²) in [5, 5.41) is 4.33. The summed E-state index contributed by atoms with van der Waals surface area (Å²) in [6, 6.07) is 16.2. The van der Waals surface area contributed by atoms with Crippen molar-refractivity contribution in [1.29, 1.82) is 0 Å². The van der Waals surface area contributed by atoms with Gasteiger partial charge in [-0.2, -0.15) is 0 Å². The lowest BCUT2D eigenvalue weighted by Crippen LogP contribution is -2.35. The van der Waals surface area contributed by atoms with Gasteiger partial charge in [-0.15, -0.1) is 0 Å². The van der Waals surface area contributed by atoms with Crippen LogP contribution >= 0.6 is 0 Å². The number of carbonyl (C=O) groups is 1. The molecule has 1 aliphatic carbocycles. The Hall–Kier alpha value is -3.54. The van der Waals surface area contributed by atoms with Gasteiger partial charge in [0.15, 0.2) is 0 Å². The minimum Gasteiger partial charge on any atom is -0.350 e. The van der Waals surface area contributed by atoms with Gasteiger partial charge in [0.05, 0.1) is 17.9 Å². The number of fused-ring (bicyclic) bond motifs is 1. The summed E-state index contributed by atoms with van der Waals surface area (Å²) in [4.78, 5) is 26.6. The average Bonchev–Trinajstić information content (AvgIpc) is 3.32. The van der Waals surface area contributed by atoms with E-state index in [1.54, 1.807) is 12.4 Å². The van der Waals surface area contributed by atoms with Crippen molar-refractivity contribution in [2.45, 2.75) is 64.5 Å². The Morgan fingerprint density at radius 2 is 1.83 bits per heavy atom. The molecule has 1 atom stereocenters. The number of pyridine rings is 3. The molecule has 1 amide bonds. The molecule has 4 aromatic heterocycles. The lowest BCUT2D eigenvalue weighted by atomic mass is 9.77. The van der Waals surface area contributed by atoms with Crippen molar-refractivity contribution < 1.29 is 4.79 Å². The smallest absolute Gasteiger partial charge is 0.223 e. The zero-order chi connectivity index (χ0) is 24.6. The molecule has 5 rings (SSSR count). The number of hydrogen-bond donors (Lipinski definition) is 1. The van der Waals surface area contributed by atoms with E-state index < -0.39 is 0 Å². The third-order valence-corrected chi connectivity index (χ3v) is 7.49. The number of unbranched alkanes of at least 4 members (excludes halogenated alkanes) is 1. The zero-order valence-corrected chi connectivity index (χ0v) is 20.9. The number of nitrogens with one attached hydrogen (secondary N) is 1. The molecule has 1 unspecified atom stereocenters. The first kappa shape index (κ1) is 24.2. The van der Waals surface area contributed by atoms with Gasteiger partial charge in [0.2, 0.25) is 5.91 Å². The molecule has 1 fully saturated rings. The molecule has 1 saturated carbocycles. The Bertz CT molecular complexity index is 1250. The second-order valence-electron chi connectivity index (χ2n) is 9.88. The Kier molecular flexibility index (Phi) is 8.01. The zero-order valence-electron chi connectivity index (χ0n) is 20.9. The van der Waals surface area contributed by atoms with Crippen LogP contribution in [0.15, 0.2) is 73.3 Å². The van der Waals surface area contributed by atoms with Crippen molar-refractivity contribution in [1.82, 2.24) is 24.8 Å². The van der Waals surface area contributed by atoms with Gasteiger partial charge in [0, 0.05) is 48.2 Å². The number of amides is 1. The summed E-state index contributed by atoms with van der Waals surface area (Å²) in [6.07, 6.45) is 16.4. The maximum Gasteiger partial charge on any atom is 0.223 e. The van der Waals surface area contributed by atoms with Crippen molar-refractivity contribution in [3.05, 3.63) is 79.0 Å². The molecule has 0 saturated heterocycles. The van der Waals surface area contributed by atoms with Gasteiger partial charge in [-0.3, -0.25) is 14.8 Å². The Labute approximate surface area is 213 Å². The normalized spacial score (nSPS) is 15.1. The minimum absolute atomic E-state index is 0.0753. The van der Waals surface area contributed by atoms with Crippen LogP contribution in [0.3, 0.4) is 0 Å². The number of aryl methyl sites for hydroxylation is 1. The highest BCUT2D eigenvalue weighted by atomic mass is 16.1. The molecule has 0 aliphatic heterocycles. The molecule has 4 heterocycles. The fourth-order valence-electron chi connectivity index (χ4n) is 5.63. The lowest BCUT2D eigenvalue weighted by Gasteiger charge is -2.29. The Balaban J connectivity index is 1.25. The van der Waals surface area contributed by atoms with Crippen molar-refractivity contribution in [2.24, 2.45) is 11.8 Å². The van der Waals surface area contributed by atoms with Gasteiger partial charge in [0.1, 0.15) is 5.65 Å². The Morgan fingerprint density at radius 1 is 0.972 bits per heavy atom. The fourth-order valence-corrected chi connectivity index (χ4v) is 5.63. The van der Waals surface area contributed by atoms with E-state index in [2.05, 4.69) is 43.0 Å². The predicted molar refractivity (Wildman–Crippen MR) is 143 cm³/mol. The topological polar surface area (TPSA) is 72.7 Å². The number of nitrogens with zero attached hydrogens (tertiary/aromatic N) is 4. The average molecular weight is 482 g/mol. The Morgan fingerprint density at radius 3 is 2.64 bits per heavy atom. The highest BCUT2D eigenvalue weighted by molar-refractivity contribution is 5.84. The van der Waals surface area contributed by atoms with Crippen LogP contribution in [0.1, 0.15) is 57.1 Å². The van der Waals surface area contributed by atoms with E-state index in [1.165, 1.54) is 32.1 Å². The van der Waals surface area contributed by atoms with Gasteiger partial charge >= 0.3 is 0 Å². The van der Waals surface area contributed by atoms with E-state index in [0.717, 1.165) is 53.8 Å². The van der Waals surface area contributed by atoms with Crippen molar-refractivity contribution in [3.8, 4) is 11.3 Å². The van der Waals surface area contributed by atoms with Crippen LogP contribution in [0.5, 0.6) is 0 Å². The third-order valence-electron chi connectivity index (χ3n) is 7.49. The highest BCUT2D eigenvalue weighted by Crippen LogP contribution is 2.33. The first-order valence-electron chi connectivity index (χ1n) is 13.3. The highest BCUT2D eigenvalue weighted by Gasteiger charge is 2.29. The van der Waals surface area contributed by atoms with Gasteiger partial charge in [-0.1, -0.05) is 31.7 Å². The summed E-state index contributed by atoms with van der Waals surface area (Å²) in [5.41, 5.74) is 4.16. The number of carbonyl (C=O) groups excluding carboxylic acids is 1. The summed E-state index contributed by atoms with van der Waals surface area (Å²) in [7, 11) is 0. The number of rotatable bonds is 10. The first-order chi connectivity index (χ1) is 17.8. The third kappa shape index (κ3) is 5.81. The minimum atomic E-state index is 0.0753. The van der Waals surface area contributed by atoms with Crippen molar-refractivity contribution in [3.63, 3.8) is 0 Å². The van der Waals surface area contributed by atoms with Crippen LogP contribution in [0.2, 0.25) is 0 Å². The second-order valence-corrected chi connectivity index (χ2v) is 9.88. The maximum atomic E-state index is 13.3. The molecule has 0 spiro atoms. The van der Waals surface area contributed by atoms with E-state index in [4.69, 9.17) is 0 Å². The van der Waals surface area contributed by atoms with E-state index in [9.17, 15) is 4.79 Å². The quantitative estimate of drug-likeness (QED) is 0.275. The summed E-state index contributed by atoms with van der Waals surface area (Å²) >= 11 is 0. The molecule has 1 N–H and O–H groups in total. The molecule has 4 aromatic rings. The van der Waals surface area contributed by atoms with E-state index in [1.807, 2.05) is 42.7 Å². The van der Waals surface area contributed by atoms with Gasteiger partial charge in [-0.05, 0) is 74.1 Å². The fraction of sp³-hybridized carbons (Fsp3) is 0.400. The van der Waals surface area contributed by atoms with Crippen molar-refractivity contribution in [2.75, 3.05) is 0 Å². The van der Waals surface area contributed by atoms with Crippen LogP contribution in [0.4, 0.5) is 0 Å². The van der Waals surface area contributed by atoms with Gasteiger partial charge < -0.3 is 9.88 Å². The van der Waals surface area contributed by atoms with E-state index in [0.29, 0.717) is 12.5 Å². The van der Waals surface area contributed by atoms with Gasteiger partial charge in [0.25, 0.3) is 0 Å². The molecular weight excluding hydrogens is 446 g/mol. The van der Waals surface area contributed by atoms with E-state index in [-0.39, 0.29) is 11.8 Å². The van der Waals surface area contributed by atoms with Crippen LogP contribution in [-0.4, -0.2) is 25.4 Å². The lowest BCUT2D eigenvalue weighted by molar-refractivity contribution is -0.127. The number of hydrogen-bond acceptors (Lipinski definition) is 4. The summed E-state index contributed by atoms with van der Waals surface area (Å²) in [6.45, 7) is 1.37. The molecule has 36 heavy (non-hydrogen) atoms. The molecule has 1 aliphatic rings. The predicted octanol–water partition coefficient (Wildman–Crippen LogP) is 6.18.